The number of nitrogens with one attached hydrogen (secondary N) is 1. The van der Waals surface area contributed by atoms with Crippen LogP contribution in [0, 0.1) is 0 Å². The summed E-state index contributed by atoms with van der Waals surface area (Å²) in [5.74, 6) is 0.369. The average Bonchev–Trinajstić information content (AvgIpc) is 2.60. The first-order valence-corrected chi connectivity index (χ1v) is 8.09. The fraction of sp³-hybridized carbons (Fsp3) is 0.389. The van der Waals surface area contributed by atoms with Gasteiger partial charge in [0.25, 0.3) is 5.91 Å². The van der Waals surface area contributed by atoms with Gasteiger partial charge in [-0.2, -0.15) is 0 Å². The van der Waals surface area contributed by atoms with Crippen LogP contribution in [0.4, 0.5) is 11.6 Å². The molecule has 5 nitrogen and oxygen atoms in total. The van der Waals surface area contributed by atoms with Crippen LogP contribution in [-0.2, 0) is 6.42 Å². The summed E-state index contributed by atoms with van der Waals surface area (Å²) in [6, 6.07) is 9.45. The molecule has 0 atom stereocenters. The molecule has 0 fully saturated rings. The number of nitrogens with zero attached hydrogens (tertiary/aromatic N) is 3. The monoisotopic (exact) mass is 312 g/mol. The lowest BCUT2D eigenvalue weighted by atomic mass is 10.1. The van der Waals surface area contributed by atoms with E-state index in [4.69, 9.17) is 0 Å². The molecule has 0 aliphatic carbocycles. The molecule has 1 heterocycles. The summed E-state index contributed by atoms with van der Waals surface area (Å²) in [5.41, 5.74) is 2.32. The summed E-state index contributed by atoms with van der Waals surface area (Å²) < 4.78 is 0. The minimum Gasteiger partial charge on any atom is -0.344 e. The molecule has 0 unspecified atom stereocenters. The highest BCUT2D eigenvalue weighted by atomic mass is 16.1. The number of para-hydroxylation sites is 1. The average molecular weight is 312 g/mol. The zero-order valence-electron chi connectivity index (χ0n) is 14.0. The Morgan fingerprint density at radius 3 is 2.74 bits per heavy atom. The van der Waals surface area contributed by atoms with Gasteiger partial charge in [-0.3, -0.25) is 4.79 Å². The van der Waals surface area contributed by atoms with E-state index in [9.17, 15) is 4.79 Å². The zero-order valence-corrected chi connectivity index (χ0v) is 14.0. The number of hydrogen-bond acceptors (Lipinski definition) is 4. The summed E-state index contributed by atoms with van der Waals surface area (Å²) >= 11 is 0. The summed E-state index contributed by atoms with van der Waals surface area (Å²) in [4.78, 5) is 23.1. The summed E-state index contributed by atoms with van der Waals surface area (Å²) in [5, 5.41) is 2.94. The van der Waals surface area contributed by atoms with Crippen LogP contribution in [-0.4, -0.2) is 29.5 Å². The second-order valence-corrected chi connectivity index (χ2v) is 5.48. The molecule has 2 aromatic rings. The number of unbranched alkanes of at least 4 members (excludes halogenated alkanes) is 1. The largest absolute Gasteiger partial charge is 0.344 e. The lowest BCUT2D eigenvalue weighted by Crippen LogP contribution is -2.23. The molecule has 5 heteroatoms. The third-order valence-electron chi connectivity index (χ3n) is 3.71. The van der Waals surface area contributed by atoms with Gasteiger partial charge < -0.3 is 10.2 Å². The van der Waals surface area contributed by atoms with Crippen LogP contribution in [0.1, 0.15) is 42.7 Å². The van der Waals surface area contributed by atoms with E-state index in [0.717, 1.165) is 37.1 Å². The number of benzene rings is 1. The van der Waals surface area contributed by atoms with E-state index in [1.807, 2.05) is 36.2 Å². The molecule has 1 aromatic heterocycles. The number of hydrogen-bond donors (Lipinski definition) is 1. The van der Waals surface area contributed by atoms with Gasteiger partial charge in [-0.1, -0.05) is 38.5 Å². The number of rotatable bonds is 7. The molecule has 0 aliphatic rings. The van der Waals surface area contributed by atoms with Gasteiger partial charge in [-0.15, -0.1) is 0 Å². The van der Waals surface area contributed by atoms with Gasteiger partial charge in [0.1, 0.15) is 5.69 Å². The molecule has 1 amide bonds. The third kappa shape index (κ3) is 4.52. The zero-order chi connectivity index (χ0) is 16.7. The lowest BCUT2D eigenvalue weighted by molar-refractivity contribution is 0.102. The van der Waals surface area contributed by atoms with Crippen LogP contribution >= 0.6 is 0 Å². The normalized spacial score (nSPS) is 10.4. The van der Waals surface area contributed by atoms with E-state index < -0.39 is 0 Å². The minimum atomic E-state index is -0.210. The maximum absolute atomic E-state index is 12.5. The number of aromatic nitrogens is 2. The fourth-order valence-electron chi connectivity index (χ4n) is 2.29. The highest BCUT2D eigenvalue weighted by Gasteiger charge is 2.12. The van der Waals surface area contributed by atoms with Gasteiger partial charge in [0.2, 0.25) is 5.95 Å². The molecule has 122 valence electrons. The molecule has 0 saturated carbocycles. The maximum Gasteiger partial charge on any atom is 0.274 e. The highest BCUT2D eigenvalue weighted by molar-refractivity contribution is 6.03. The van der Waals surface area contributed by atoms with Crippen molar-refractivity contribution in [1.29, 1.82) is 0 Å². The molecule has 0 saturated heterocycles. The van der Waals surface area contributed by atoms with Gasteiger partial charge in [0, 0.05) is 25.5 Å². The van der Waals surface area contributed by atoms with Crippen molar-refractivity contribution in [3.63, 3.8) is 0 Å². The maximum atomic E-state index is 12.5. The molecule has 2 rings (SSSR count). The van der Waals surface area contributed by atoms with Gasteiger partial charge in [0.15, 0.2) is 0 Å². The predicted molar refractivity (Wildman–Crippen MR) is 94.0 cm³/mol. The molecule has 0 radical (unpaired) electrons. The van der Waals surface area contributed by atoms with Gasteiger partial charge in [-0.05, 0) is 30.5 Å². The van der Waals surface area contributed by atoms with Crippen molar-refractivity contribution < 1.29 is 4.79 Å². The minimum absolute atomic E-state index is 0.210. The Labute approximate surface area is 137 Å². The van der Waals surface area contributed by atoms with Crippen molar-refractivity contribution in [2.45, 2.75) is 33.1 Å². The lowest BCUT2D eigenvalue weighted by Gasteiger charge is -2.17. The number of amides is 1. The first kappa shape index (κ1) is 16.9. The van der Waals surface area contributed by atoms with E-state index in [0.29, 0.717) is 11.6 Å². The predicted octanol–water partition coefficient (Wildman–Crippen LogP) is 3.53. The van der Waals surface area contributed by atoms with Crippen LogP contribution in [0.25, 0.3) is 0 Å². The molecular formula is C18H24N4O. The van der Waals surface area contributed by atoms with E-state index >= 15 is 0 Å². The third-order valence-corrected chi connectivity index (χ3v) is 3.71. The molecule has 0 aliphatic heterocycles. The van der Waals surface area contributed by atoms with Crippen LogP contribution in [0.2, 0.25) is 0 Å². The first-order valence-electron chi connectivity index (χ1n) is 8.09. The van der Waals surface area contributed by atoms with E-state index in [-0.39, 0.29) is 5.91 Å². The summed E-state index contributed by atoms with van der Waals surface area (Å²) in [7, 11) is 1.94. The van der Waals surface area contributed by atoms with Crippen molar-refractivity contribution in [3.8, 4) is 0 Å². The van der Waals surface area contributed by atoms with Crippen LogP contribution in [0.3, 0.4) is 0 Å². The Bertz CT molecular complexity index is 657. The quantitative estimate of drug-likeness (QED) is 0.849. The SMILES string of the molecule is CCCCN(C)c1nccc(C(=O)Nc2ccccc2CC)n1. The Morgan fingerprint density at radius 2 is 2.00 bits per heavy atom. The first-order chi connectivity index (χ1) is 11.2. The molecular weight excluding hydrogens is 288 g/mol. The van der Waals surface area contributed by atoms with Gasteiger partial charge in [0.05, 0.1) is 0 Å². The standard InChI is InChI=1S/C18H24N4O/c1-4-6-13-22(3)18-19-12-11-16(21-18)17(23)20-15-10-8-7-9-14(15)5-2/h7-12H,4-6,13H2,1-3H3,(H,20,23). The van der Waals surface area contributed by atoms with Crippen molar-refractivity contribution >= 4 is 17.5 Å². The summed E-state index contributed by atoms with van der Waals surface area (Å²) in [6.07, 6.45) is 4.68. The van der Waals surface area contributed by atoms with Crippen molar-refractivity contribution in [2.75, 3.05) is 23.8 Å². The van der Waals surface area contributed by atoms with Gasteiger partial charge >= 0.3 is 0 Å². The van der Waals surface area contributed by atoms with Gasteiger partial charge in [-0.25, -0.2) is 9.97 Å². The number of aryl methyl sites for hydroxylation is 1. The molecule has 1 N–H and O–H groups in total. The topological polar surface area (TPSA) is 58.1 Å². The highest BCUT2D eigenvalue weighted by Crippen LogP contribution is 2.16. The second kappa shape index (κ2) is 8.27. The molecule has 23 heavy (non-hydrogen) atoms. The van der Waals surface area contributed by atoms with Crippen molar-refractivity contribution in [2.24, 2.45) is 0 Å². The molecule has 0 spiro atoms. The Hall–Kier alpha value is -2.43. The van der Waals surface area contributed by atoms with Crippen LogP contribution in [0.5, 0.6) is 0 Å². The molecule has 0 bridgehead atoms. The van der Waals surface area contributed by atoms with E-state index in [2.05, 4.69) is 29.1 Å². The molecule has 1 aromatic carbocycles. The summed E-state index contributed by atoms with van der Waals surface area (Å²) in [6.45, 7) is 5.08. The Balaban J connectivity index is 2.13. The number of carbonyl (C=O) groups excluding carboxylic acids is 1. The van der Waals surface area contributed by atoms with Crippen LogP contribution in [0.15, 0.2) is 36.5 Å². The van der Waals surface area contributed by atoms with Crippen LogP contribution < -0.4 is 10.2 Å². The van der Waals surface area contributed by atoms with Crippen molar-refractivity contribution in [1.82, 2.24) is 9.97 Å². The fourth-order valence-corrected chi connectivity index (χ4v) is 2.29. The van der Waals surface area contributed by atoms with E-state index in [1.165, 1.54) is 0 Å². The number of anilines is 2. The Morgan fingerprint density at radius 1 is 1.22 bits per heavy atom. The number of carbonyl (C=O) groups is 1. The van der Waals surface area contributed by atoms with Crippen molar-refractivity contribution in [3.05, 3.63) is 47.8 Å². The second-order valence-electron chi connectivity index (χ2n) is 5.48. The smallest absolute Gasteiger partial charge is 0.274 e. The van der Waals surface area contributed by atoms with E-state index in [1.54, 1.807) is 12.3 Å². The Kier molecular flexibility index (Phi) is 6.09.